The zero-order chi connectivity index (χ0) is 9.10. The highest BCUT2D eigenvalue weighted by molar-refractivity contribution is 7.07. The summed E-state index contributed by atoms with van der Waals surface area (Å²) in [4.78, 5) is 4.03. The van der Waals surface area contributed by atoms with E-state index in [4.69, 9.17) is 5.11 Å². The fourth-order valence-corrected chi connectivity index (χ4v) is 1.83. The minimum atomic E-state index is 0.0106. The first-order chi connectivity index (χ1) is 6.38. The molecule has 68 valence electrons. The van der Waals surface area contributed by atoms with Gasteiger partial charge in [0.05, 0.1) is 18.6 Å². The first-order valence-corrected chi connectivity index (χ1v) is 4.95. The Morgan fingerprint density at radius 3 is 3.08 bits per heavy atom. The molecule has 1 N–H and O–H groups in total. The molecule has 0 aromatic carbocycles. The quantitative estimate of drug-likeness (QED) is 0.803. The average Bonchev–Trinajstić information content (AvgIpc) is 2.76. The number of nitrogens with zero attached hydrogens (tertiary/aromatic N) is 2. The fourth-order valence-electron chi connectivity index (χ4n) is 1.17. The van der Waals surface area contributed by atoms with Gasteiger partial charge in [-0.3, -0.25) is 0 Å². The van der Waals surface area contributed by atoms with Crippen LogP contribution >= 0.6 is 11.3 Å². The van der Waals surface area contributed by atoms with Crippen LogP contribution in [0.4, 0.5) is 0 Å². The third kappa shape index (κ3) is 1.96. The summed E-state index contributed by atoms with van der Waals surface area (Å²) in [5.41, 5.74) is 1.99. The maximum Gasteiger partial charge on any atom is 0.0953 e. The molecule has 2 aromatic rings. The molecule has 0 unspecified atom stereocenters. The Hall–Kier alpha value is -1.13. The zero-order valence-corrected chi connectivity index (χ0v) is 7.87. The van der Waals surface area contributed by atoms with Crippen molar-refractivity contribution >= 4 is 11.3 Å². The molecule has 0 spiro atoms. The van der Waals surface area contributed by atoms with Crippen LogP contribution in [-0.4, -0.2) is 14.7 Å². The van der Waals surface area contributed by atoms with Crippen LogP contribution in [0.2, 0.25) is 0 Å². The summed E-state index contributed by atoms with van der Waals surface area (Å²) in [6.07, 6.45) is 3.60. The Balaban J connectivity index is 2.10. The molecular formula is C9H10N2OS. The molecule has 2 rings (SSSR count). The van der Waals surface area contributed by atoms with E-state index in [0.717, 1.165) is 12.2 Å². The summed E-state index contributed by atoms with van der Waals surface area (Å²) in [6, 6.07) is 2.09. The van der Waals surface area contributed by atoms with Crippen LogP contribution in [0.1, 0.15) is 11.3 Å². The van der Waals surface area contributed by atoms with Crippen LogP contribution in [0.25, 0.3) is 0 Å². The molecule has 0 fully saturated rings. The Morgan fingerprint density at radius 1 is 1.54 bits per heavy atom. The highest BCUT2D eigenvalue weighted by atomic mass is 32.1. The minimum absolute atomic E-state index is 0.0106. The third-order valence-electron chi connectivity index (χ3n) is 1.79. The van der Waals surface area contributed by atoms with E-state index in [1.165, 1.54) is 5.56 Å². The predicted octanol–water partition coefficient (Wildman–Crippen LogP) is 1.49. The van der Waals surface area contributed by atoms with Crippen molar-refractivity contribution in [2.24, 2.45) is 0 Å². The molecule has 2 heterocycles. The van der Waals surface area contributed by atoms with E-state index in [0.29, 0.717) is 0 Å². The van der Waals surface area contributed by atoms with Crippen molar-refractivity contribution in [3.05, 3.63) is 40.6 Å². The van der Waals surface area contributed by atoms with Gasteiger partial charge in [-0.1, -0.05) is 0 Å². The van der Waals surface area contributed by atoms with Crippen molar-refractivity contribution in [1.29, 1.82) is 0 Å². The summed E-state index contributed by atoms with van der Waals surface area (Å²) in [6.45, 7) is 0.840. The van der Waals surface area contributed by atoms with Crippen LogP contribution in [0, 0.1) is 0 Å². The molecule has 0 bridgehead atoms. The van der Waals surface area contributed by atoms with E-state index in [1.54, 1.807) is 17.7 Å². The molecule has 0 saturated heterocycles. The molecule has 0 aliphatic carbocycles. The van der Waals surface area contributed by atoms with Crippen molar-refractivity contribution in [2.75, 3.05) is 0 Å². The summed E-state index contributed by atoms with van der Waals surface area (Å²) >= 11 is 1.69. The van der Waals surface area contributed by atoms with Crippen LogP contribution < -0.4 is 0 Å². The molecule has 4 heteroatoms. The van der Waals surface area contributed by atoms with Gasteiger partial charge in [-0.15, -0.1) is 0 Å². The van der Waals surface area contributed by atoms with E-state index < -0.39 is 0 Å². The first-order valence-electron chi connectivity index (χ1n) is 4.01. The van der Waals surface area contributed by atoms with E-state index in [1.807, 2.05) is 10.8 Å². The minimum Gasteiger partial charge on any atom is -0.390 e. The van der Waals surface area contributed by atoms with Gasteiger partial charge in [-0.2, -0.15) is 11.3 Å². The third-order valence-corrected chi connectivity index (χ3v) is 2.53. The predicted molar refractivity (Wildman–Crippen MR) is 51.6 cm³/mol. The summed E-state index contributed by atoms with van der Waals surface area (Å²) in [5.74, 6) is 0. The number of aromatic nitrogens is 2. The van der Waals surface area contributed by atoms with Gasteiger partial charge in [-0.05, 0) is 22.4 Å². The Bertz CT molecular complexity index is 367. The number of hydrogen-bond donors (Lipinski definition) is 1. The second kappa shape index (κ2) is 3.72. The highest BCUT2D eigenvalue weighted by Gasteiger charge is 1.98. The van der Waals surface area contributed by atoms with E-state index in [-0.39, 0.29) is 6.61 Å². The van der Waals surface area contributed by atoms with Crippen LogP contribution in [0.3, 0.4) is 0 Å². The largest absolute Gasteiger partial charge is 0.390 e. The Labute approximate surface area is 80.3 Å². The number of aliphatic hydroxyl groups is 1. The molecule has 0 amide bonds. The van der Waals surface area contributed by atoms with E-state index >= 15 is 0 Å². The lowest BCUT2D eigenvalue weighted by Crippen LogP contribution is -1.94. The van der Waals surface area contributed by atoms with Gasteiger partial charge in [0.25, 0.3) is 0 Å². The zero-order valence-electron chi connectivity index (χ0n) is 7.05. The van der Waals surface area contributed by atoms with Crippen molar-refractivity contribution in [1.82, 2.24) is 9.55 Å². The van der Waals surface area contributed by atoms with Crippen LogP contribution in [0.15, 0.2) is 29.4 Å². The van der Waals surface area contributed by atoms with Gasteiger partial charge in [-0.25, -0.2) is 4.98 Å². The lowest BCUT2D eigenvalue weighted by molar-refractivity contribution is 0.277. The van der Waals surface area contributed by atoms with Crippen LogP contribution in [-0.2, 0) is 13.2 Å². The molecule has 3 nitrogen and oxygen atoms in total. The second-order valence-electron chi connectivity index (χ2n) is 2.83. The molecule has 2 aromatic heterocycles. The molecule has 0 aliphatic heterocycles. The summed E-state index contributed by atoms with van der Waals surface area (Å²) in [7, 11) is 0. The van der Waals surface area contributed by atoms with Gasteiger partial charge < -0.3 is 9.67 Å². The second-order valence-corrected chi connectivity index (χ2v) is 3.61. The SMILES string of the molecule is OCc1cn(Cc2ccsc2)cn1. The maximum atomic E-state index is 8.80. The van der Waals surface area contributed by atoms with Crippen molar-refractivity contribution in [3.63, 3.8) is 0 Å². The summed E-state index contributed by atoms with van der Waals surface area (Å²) < 4.78 is 1.97. The smallest absolute Gasteiger partial charge is 0.0953 e. The van der Waals surface area contributed by atoms with Crippen molar-refractivity contribution < 1.29 is 5.11 Å². The van der Waals surface area contributed by atoms with Gasteiger partial charge in [0.15, 0.2) is 0 Å². The standard InChI is InChI=1S/C9H10N2OS/c12-5-9-4-11(7-10-9)3-8-1-2-13-6-8/h1-2,4,6-7,12H,3,5H2. The molecular weight excluding hydrogens is 184 g/mol. The molecule has 0 atom stereocenters. The Morgan fingerprint density at radius 2 is 2.46 bits per heavy atom. The van der Waals surface area contributed by atoms with Gasteiger partial charge >= 0.3 is 0 Å². The maximum absolute atomic E-state index is 8.80. The number of hydrogen-bond acceptors (Lipinski definition) is 3. The monoisotopic (exact) mass is 194 g/mol. The number of thiophene rings is 1. The molecule has 0 radical (unpaired) electrons. The first kappa shape index (κ1) is 8.47. The van der Waals surface area contributed by atoms with Crippen molar-refractivity contribution in [3.8, 4) is 0 Å². The number of imidazole rings is 1. The van der Waals surface area contributed by atoms with E-state index in [9.17, 15) is 0 Å². The highest BCUT2D eigenvalue weighted by Crippen LogP contribution is 2.08. The number of rotatable bonds is 3. The van der Waals surface area contributed by atoms with Gasteiger partial charge in [0.2, 0.25) is 0 Å². The van der Waals surface area contributed by atoms with Gasteiger partial charge in [0, 0.05) is 12.7 Å². The lowest BCUT2D eigenvalue weighted by atomic mass is 10.3. The molecule has 13 heavy (non-hydrogen) atoms. The van der Waals surface area contributed by atoms with Gasteiger partial charge in [0.1, 0.15) is 0 Å². The molecule has 0 aliphatic rings. The Kier molecular flexibility index (Phi) is 2.42. The average molecular weight is 194 g/mol. The topological polar surface area (TPSA) is 38.0 Å². The van der Waals surface area contributed by atoms with E-state index in [2.05, 4.69) is 21.8 Å². The fraction of sp³-hybridized carbons (Fsp3) is 0.222. The van der Waals surface area contributed by atoms with Crippen molar-refractivity contribution in [2.45, 2.75) is 13.2 Å². The normalized spacial score (nSPS) is 10.5. The molecule has 0 saturated carbocycles. The van der Waals surface area contributed by atoms with Crippen LogP contribution in [0.5, 0.6) is 0 Å². The number of aliphatic hydroxyl groups excluding tert-OH is 1. The lowest BCUT2D eigenvalue weighted by Gasteiger charge is -1.97. The summed E-state index contributed by atoms with van der Waals surface area (Å²) in [5, 5.41) is 13.0.